The summed E-state index contributed by atoms with van der Waals surface area (Å²) in [4.78, 5) is 23.6. The van der Waals surface area contributed by atoms with E-state index in [1.54, 1.807) is 6.08 Å². The van der Waals surface area contributed by atoms with E-state index < -0.39 is 6.03 Å². The van der Waals surface area contributed by atoms with Crippen LogP contribution in [0.5, 0.6) is 0 Å². The van der Waals surface area contributed by atoms with Crippen molar-refractivity contribution in [1.82, 2.24) is 25.4 Å². The van der Waals surface area contributed by atoms with E-state index >= 15 is 0 Å². The first-order valence-electron chi connectivity index (χ1n) is 9.61. The molecule has 0 atom stereocenters. The number of nitrogens with one attached hydrogen (secondary N) is 2. The maximum absolute atomic E-state index is 12.0. The third-order valence-corrected chi connectivity index (χ3v) is 5.13. The van der Waals surface area contributed by atoms with Crippen molar-refractivity contribution in [2.24, 2.45) is 0 Å². The summed E-state index contributed by atoms with van der Waals surface area (Å²) in [6.45, 7) is 13.3. The highest BCUT2D eigenvalue weighted by molar-refractivity contribution is 7.99. The standard InChI is InChI=1S/C21H29N5O2S/c1-6-12-22-19(28)23-17(27)14-29-20-25-24-18(26(20)13-7-2)15-8-10-16(11-9-15)21(3,4)5/h7-11H,2,6,12-14H2,1,3-5H3,(H2,22,23,27,28). The average molecular weight is 416 g/mol. The van der Waals surface area contributed by atoms with Gasteiger partial charge in [-0.2, -0.15) is 0 Å². The summed E-state index contributed by atoms with van der Waals surface area (Å²) in [5, 5.41) is 14.1. The van der Waals surface area contributed by atoms with Gasteiger partial charge in [-0.1, -0.05) is 69.8 Å². The Morgan fingerprint density at radius 3 is 2.48 bits per heavy atom. The second-order valence-corrected chi connectivity index (χ2v) is 8.57. The largest absolute Gasteiger partial charge is 0.338 e. The van der Waals surface area contributed by atoms with Gasteiger partial charge >= 0.3 is 6.03 Å². The SMILES string of the molecule is C=CCn1c(SCC(=O)NC(=O)NCCC)nnc1-c1ccc(C(C)(C)C)cc1. The van der Waals surface area contributed by atoms with Gasteiger partial charge in [0.25, 0.3) is 0 Å². The molecule has 7 nitrogen and oxygen atoms in total. The lowest BCUT2D eigenvalue weighted by atomic mass is 9.87. The molecule has 0 radical (unpaired) electrons. The number of imide groups is 1. The Hall–Kier alpha value is -2.61. The predicted octanol–water partition coefficient (Wildman–Crippen LogP) is 3.76. The van der Waals surface area contributed by atoms with Gasteiger partial charge in [-0.15, -0.1) is 16.8 Å². The van der Waals surface area contributed by atoms with Crippen LogP contribution >= 0.6 is 11.8 Å². The molecule has 2 rings (SSSR count). The van der Waals surface area contributed by atoms with Crippen molar-refractivity contribution in [3.8, 4) is 11.4 Å². The van der Waals surface area contributed by atoms with Gasteiger partial charge in [-0.05, 0) is 17.4 Å². The maximum atomic E-state index is 12.0. The first-order valence-corrected chi connectivity index (χ1v) is 10.6. The number of carbonyl (C=O) groups is 2. The molecule has 0 aliphatic rings. The highest BCUT2D eigenvalue weighted by atomic mass is 32.2. The molecular formula is C21H29N5O2S. The fraction of sp³-hybridized carbons (Fsp3) is 0.429. The number of amides is 3. The van der Waals surface area contributed by atoms with E-state index in [0.29, 0.717) is 24.1 Å². The van der Waals surface area contributed by atoms with Crippen LogP contribution in [0, 0.1) is 0 Å². The third-order valence-electron chi connectivity index (χ3n) is 4.16. The summed E-state index contributed by atoms with van der Waals surface area (Å²) in [5.74, 6) is 0.402. The first-order chi connectivity index (χ1) is 13.8. The highest BCUT2D eigenvalue weighted by Crippen LogP contribution is 2.27. The van der Waals surface area contributed by atoms with Gasteiger partial charge in [0.2, 0.25) is 5.91 Å². The molecule has 8 heteroatoms. The van der Waals surface area contributed by atoms with Crippen molar-refractivity contribution in [2.45, 2.75) is 51.2 Å². The number of aromatic nitrogens is 3. The molecule has 0 unspecified atom stereocenters. The van der Waals surface area contributed by atoms with Crippen molar-refractivity contribution < 1.29 is 9.59 Å². The quantitative estimate of drug-likeness (QED) is 0.506. The van der Waals surface area contributed by atoms with Crippen molar-refractivity contribution in [2.75, 3.05) is 12.3 Å². The topological polar surface area (TPSA) is 88.9 Å². The average Bonchev–Trinajstić information content (AvgIpc) is 3.07. The molecule has 0 aliphatic carbocycles. The van der Waals surface area contributed by atoms with Crippen LogP contribution in [0.4, 0.5) is 4.79 Å². The Bertz CT molecular complexity index is 853. The Morgan fingerprint density at radius 2 is 1.90 bits per heavy atom. The lowest BCUT2D eigenvalue weighted by Gasteiger charge is -2.19. The summed E-state index contributed by atoms with van der Waals surface area (Å²) < 4.78 is 1.91. The fourth-order valence-electron chi connectivity index (χ4n) is 2.60. The van der Waals surface area contributed by atoms with Gasteiger partial charge in [0.1, 0.15) is 0 Å². The Labute approximate surface area is 176 Å². The van der Waals surface area contributed by atoms with Crippen LogP contribution < -0.4 is 10.6 Å². The number of hydrogen-bond acceptors (Lipinski definition) is 5. The molecule has 0 aliphatic heterocycles. The molecule has 156 valence electrons. The van der Waals surface area contributed by atoms with Gasteiger partial charge in [0.05, 0.1) is 5.75 Å². The lowest BCUT2D eigenvalue weighted by Crippen LogP contribution is -2.40. The summed E-state index contributed by atoms with van der Waals surface area (Å²) in [7, 11) is 0. The molecule has 0 fully saturated rings. The van der Waals surface area contributed by atoms with Crippen molar-refractivity contribution in [1.29, 1.82) is 0 Å². The Kier molecular flexibility index (Phi) is 8.01. The number of rotatable bonds is 8. The molecule has 0 saturated heterocycles. The zero-order chi connectivity index (χ0) is 21.4. The van der Waals surface area contributed by atoms with Crippen LogP contribution in [0.1, 0.15) is 39.7 Å². The third kappa shape index (κ3) is 6.45. The summed E-state index contributed by atoms with van der Waals surface area (Å²) in [6, 6.07) is 7.77. The number of allylic oxidation sites excluding steroid dienone is 1. The monoisotopic (exact) mass is 415 g/mol. The summed E-state index contributed by atoms with van der Waals surface area (Å²) >= 11 is 1.23. The Balaban J connectivity index is 2.11. The van der Waals surface area contributed by atoms with E-state index in [2.05, 4.69) is 60.3 Å². The van der Waals surface area contributed by atoms with Gasteiger partial charge in [0, 0.05) is 18.7 Å². The fourth-order valence-corrected chi connectivity index (χ4v) is 3.35. The number of benzene rings is 1. The number of hydrogen-bond donors (Lipinski definition) is 2. The number of urea groups is 1. The van der Waals surface area contributed by atoms with Gasteiger partial charge in [-0.3, -0.25) is 14.7 Å². The van der Waals surface area contributed by atoms with Crippen molar-refractivity contribution in [3.63, 3.8) is 0 Å². The van der Waals surface area contributed by atoms with E-state index in [1.807, 2.05) is 23.6 Å². The maximum Gasteiger partial charge on any atom is 0.321 e. The van der Waals surface area contributed by atoms with Crippen LogP contribution in [-0.2, 0) is 16.8 Å². The minimum absolute atomic E-state index is 0.0672. The number of carbonyl (C=O) groups excluding carboxylic acids is 2. The Morgan fingerprint density at radius 1 is 1.21 bits per heavy atom. The first kappa shape index (κ1) is 22.7. The second kappa shape index (κ2) is 10.2. The molecule has 2 N–H and O–H groups in total. The summed E-state index contributed by atoms with van der Waals surface area (Å²) in [6.07, 6.45) is 2.57. The normalized spacial score (nSPS) is 11.2. The zero-order valence-electron chi connectivity index (χ0n) is 17.5. The lowest BCUT2D eigenvalue weighted by molar-refractivity contribution is -0.117. The molecule has 0 spiro atoms. The summed E-state index contributed by atoms with van der Waals surface area (Å²) in [5.41, 5.74) is 2.26. The van der Waals surface area contributed by atoms with E-state index in [-0.39, 0.29) is 17.1 Å². The van der Waals surface area contributed by atoms with Crippen molar-refractivity contribution >= 4 is 23.7 Å². The zero-order valence-corrected chi connectivity index (χ0v) is 18.3. The number of thioether (sulfide) groups is 1. The molecule has 29 heavy (non-hydrogen) atoms. The van der Waals surface area contributed by atoms with Gasteiger partial charge in [0.15, 0.2) is 11.0 Å². The van der Waals surface area contributed by atoms with E-state index in [9.17, 15) is 9.59 Å². The highest BCUT2D eigenvalue weighted by Gasteiger charge is 2.17. The second-order valence-electron chi connectivity index (χ2n) is 7.63. The minimum Gasteiger partial charge on any atom is -0.338 e. The van der Waals surface area contributed by atoms with E-state index in [1.165, 1.54) is 17.3 Å². The van der Waals surface area contributed by atoms with Crippen LogP contribution in [0.3, 0.4) is 0 Å². The molecule has 0 bridgehead atoms. The smallest absolute Gasteiger partial charge is 0.321 e. The molecule has 1 aromatic heterocycles. The molecule has 1 aromatic carbocycles. The molecule has 0 saturated carbocycles. The van der Waals surface area contributed by atoms with Crippen LogP contribution in [0.25, 0.3) is 11.4 Å². The molecule has 1 heterocycles. The van der Waals surface area contributed by atoms with Gasteiger partial charge < -0.3 is 5.32 Å². The van der Waals surface area contributed by atoms with Crippen LogP contribution in [-0.4, -0.2) is 39.0 Å². The predicted molar refractivity (Wildman–Crippen MR) is 117 cm³/mol. The molecular weight excluding hydrogens is 386 g/mol. The molecule has 3 amide bonds. The van der Waals surface area contributed by atoms with E-state index in [4.69, 9.17) is 0 Å². The van der Waals surface area contributed by atoms with Gasteiger partial charge in [-0.25, -0.2) is 4.79 Å². The minimum atomic E-state index is -0.482. The van der Waals surface area contributed by atoms with E-state index in [0.717, 1.165) is 12.0 Å². The number of nitrogens with zero attached hydrogens (tertiary/aromatic N) is 3. The van der Waals surface area contributed by atoms with Crippen LogP contribution in [0.15, 0.2) is 42.1 Å². The van der Waals surface area contributed by atoms with Crippen molar-refractivity contribution in [3.05, 3.63) is 42.5 Å². The molecule has 2 aromatic rings. The van der Waals surface area contributed by atoms with Crippen LogP contribution in [0.2, 0.25) is 0 Å².